The fourth-order valence-electron chi connectivity index (χ4n) is 4.84. The predicted octanol–water partition coefficient (Wildman–Crippen LogP) is 3.42. The molecule has 2 aromatic rings. The van der Waals surface area contributed by atoms with Crippen molar-refractivity contribution in [1.29, 1.82) is 5.26 Å². The van der Waals surface area contributed by atoms with Crippen molar-refractivity contribution in [1.82, 2.24) is 19.6 Å². The maximum Gasteiger partial charge on any atom is 0.407 e. The molecule has 0 aliphatic carbocycles. The third kappa shape index (κ3) is 5.07. The van der Waals surface area contributed by atoms with Gasteiger partial charge >= 0.3 is 6.09 Å². The van der Waals surface area contributed by atoms with Crippen LogP contribution in [-0.4, -0.2) is 68.9 Å². The number of primary amides is 1. The van der Waals surface area contributed by atoms with Crippen LogP contribution in [0.15, 0.2) is 30.5 Å². The summed E-state index contributed by atoms with van der Waals surface area (Å²) in [5.74, 6) is -0.957. The number of nitrogens with one attached hydrogen (secondary N) is 1. The zero-order valence-electron chi connectivity index (χ0n) is 20.6. The molecule has 0 bridgehead atoms. The van der Waals surface area contributed by atoms with Crippen LogP contribution in [0.2, 0.25) is 0 Å². The number of rotatable bonds is 6. The van der Waals surface area contributed by atoms with Gasteiger partial charge in [0.15, 0.2) is 11.4 Å². The Morgan fingerprint density at radius 2 is 1.97 bits per heavy atom. The van der Waals surface area contributed by atoms with E-state index in [0.717, 1.165) is 0 Å². The van der Waals surface area contributed by atoms with E-state index in [2.05, 4.69) is 16.5 Å². The van der Waals surface area contributed by atoms with E-state index in [4.69, 9.17) is 5.73 Å². The first-order valence-corrected chi connectivity index (χ1v) is 11.3. The molecule has 1 saturated heterocycles. The number of carbonyl (C=O) groups is 2. The van der Waals surface area contributed by atoms with Crippen LogP contribution in [0.25, 0.3) is 0 Å². The van der Waals surface area contributed by atoms with E-state index >= 15 is 0 Å². The molecule has 4 N–H and O–H groups in total. The van der Waals surface area contributed by atoms with E-state index in [1.807, 2.05) is 20.8 Å². The fraction of sp³-hybridized carbons (Fsp3) is 0.500. The van der Waals surface area contributed by atoms with Gasteiger partial charge in [0.05, 0.1) is 18.2 Å². The molecule has 1 fully saturated rings. The molecular weight excluding hydrogens is 453 g/mol. The zero-order valence-corrected chi connectivity index (χ0v) is 20.6. The molecule has 188 valence electrons. The summed E-state index contributed by atoms with van der Waals surface area (Å²) in [6.07, 6.45) is 1.14. The van der Waals surface area contributed by atoms with E-state index in [-0.39, 0.29) is 23.3 Å². The van der Waals surface area contributed by atoms with Crippen LogP contribution in [-0.2, 0) is 0 Å². The summed E-state index contributed by atoms with van der Waals surface area (Å²) in [6, 6.07) is 6.73. The highest BCUT2D eigenvalue weighted by atomic mass is 19.1. The molecule has 0 saturated carbocycles. The van der Waals surface area contributed by atoms with Crippen LogP contribution in [0.5, 0.6) is 0 Å². The van der Waals surface area contributed by atoms with Crippen molar-refractivity contribution in [2.75, 3.05) is 26.0 Å². The Labute approximate surface area is 204 Å². The molecule has 2 amide bonds. The number of piperidine rings is 1. The summed E-state index contributed by atoms with van der Waals surface area (Å²) in [5.41, 5.74) is 4.68. The predicted molar refractivity (Wildman–Crippen MR) is 129 cm³/mol. The molecule has 3 atom stereocenters. The van der Waals surface area contributed by atoms with Gasteiger partial charge in [-0.15, -0.1) is 0 Å². The summed E-state index contributed by atoms with van der Waals surface area (Å²) < 4.78 is 14.9. The Bertz CT molecular complexity index is 1130. The Balaban J connectivity index is 2.13. The highest BCUT2D eigenvalue weighted by Gasteiger charge is 2.56. The molecule has 1 aliphatic heterocycles. The normalized spacial score (nSPS) is 22.6. The number of carboxylic acid groups (broad SMARTS) is 1. The fourth-order valence-corrected chi connectivity index (χ4v) is 4.84. The maximum absolute atomic E-state index is 13.3. The Kier molecular flexibility index (Phi) is 7.08. The second-order valence-electron chi connectivity index (χ2n) is 10.3. The average Bonchev–Trinajstić information content (AvgIpc) is 3.17. The van der Waals surface area contributed by atoms with Crippen molar-refractivity contribution in [2.24, 2.45) is 11.1 Å². The van der Waals surface area contributed by atoms with Crippen molar-refractivity contribution >= 4 is 23.5 Å². The number of nitrogens with zero attached hydrogens (tertiary/aromatic N) is 5. The van der Waals surface area contributed by atoms with Gasteiger partial charge < -0.3 is 21.1 Å². The number of amides is 2. The third-order valence-corrected chi connectivity index (χ3v) is 6.43. The summed E-state index contributed by atoms with van der Waals surface area (Å²) >= 11 is 0. The minimum absolute atomic E-state index is 0.105. The minimum atomic E-state index is -1.28. The molecule has 35 heavy (non-hydrogen) atoms. The lowest BCUT2D eigenvalue weighted by Crippen LogP contribution is -2.68. The number of likely N-dealkylation sites (tertiary alicyclic amines) is 1. The molecule has 1 aromatic heterocycles. The summed E-state index contributed by atoms with van der Waals surface area (Å²) in [5, 5.41) is 28.1. The van der Waals surface area contributed by atoms with Gasteiger partial charge in [-0.05, 0) is 56.6 Å². The highest BCUT2D eigenvalue weighted by molar-refractivity contribution is 5.98. The first-order valence-electron chi connectivity index (χ1n) is 11.3. The molecule has 2 heterocycles. The Morgan fingerprint density at radius 1 is 1.34 bits per heavy atom. The molecule has 1 aliphatic rings. The summed E-state index contributed by atoms with van der Waals surface area (Å²) in [7, 11) is 3.49. The second kappa shape index (κ2) is 9.54. The van der Waals surface area contributed by atoms with E-state index in [9.17, 15) is 24.3 Å². The van der Waals surface area contributed by atoms with Gasteiger partial charge in [0.1, 0.15) is 11.4 Å². The molecule has 3 rings (SSSR count). The number of benzene rings is 1. The van der Waals surface area contributed by atoms with Crippen molar-refractivity contribution in [2.45, 2.75) is 51.2 Å². The standard InChI is InChI=1S/C24H32FN7O3/c1-23(2,3)12-19-24(14-26,30(4)5)18(10-11-31(19)22(34)35)32-13-17(20(27)33)21(29-32)28-16-8-6-15(25)7-9-16/h6-9,13,18-19H,10-12H2,1-5H3,(H2,27,33)(H,28,29)(H,34,35)/t18-,19?,24+/m1/s1. The number of nitrogens with two attached hydrogens (primary N) is 1. The van der Waals surface area contributed by atoms with Gasteiger partial charge in [-0.2, -0.15) is 10.4 Å². The number of aromatic nitrogens is 2. The molecule has 0 spiro atoms. The molecule has 11 heteroatoms. The molecule has 0 radical (unpaired) electrons. The van der Waals surface area contributed by atoms with E-state index in [1.165, 1.54) is 40.0 Å². The summed E-state index contributed by atoms with van der Waals surface area (Å²) in [4.78, 5) is 27.5. The largest absolute Gasteiger partial charge is 0.465 e. The van der Waals surface area contributed by atoms with E-state index in [1.54, 1.807) is 19.0 Å². The van der Waals surface area contributed by atoms with Crippen LogP contribution >= 0.6 is 0 Å². The third-order valence-electron chi connectivity index (χ3n) is 6.43. The number of carbonyl (C=O) groups excluding carboxylic acids is 1. The van der Waals surface area contributed by atoms with Gasteiger partial charge in [-0.25, -0.2) is 9.18 Å². The first kappa shape index (κ1) is 26.0. The molecule has 1 aromatic carbocycles. The number of hydrogen-bond donors (Lipinski definition) is 3. The van der Waals surface area contributed by atoms with Crippen LogP contribution in [0.3, 0.4) is 0 Å². The molecule has 1 unspecified atom stereocenters. The lowest BCUT2D eigenvalue weighted by atomic mass is 9.71. The number of halogens is 1. The number of hydrogen-bond acceptors (Lipinski definition) is 6. The van der Waals surface area contributed by atoms with E-state index < -0.39 is 35.4 Å². The lowest BCUT2D eigenvalue weighted by Gasteiger charge is -2.53. The van der Waals surface area contributed by atoms with Crippen LogP contribution in [0.1, 0.15) is 50.0 Å². The highest BCUT2D eigenvalue weighted by Crippen LogP contribution is 2.44. The zero-order chi connectivity index (χ0) is 26.1. The minimum Gasteiger partial charge on any atom is -0.465 e. The van der Waals surface area contributed by atoms with Crippen LogP contribution in [0, 0.1) is 22.6 Å². The molecule has 10 nitrogen and oxygen atoms in total. The smallest absolute Gasteiger partial charge is 0.407 e. The van der Waals surface area contributed by atoms with Gasteiger partial charge in [0.2, 0.25) is 0 Å². The van der Waals surface area contributed by atoms with Crippen molar-refractivity contribution in [3.63, 3.8) is 0 Å². The van der Waals surface area contributed by atoms with Gasteiger partial charge in [-0.3, -0.25) is 14.4 Å². The monoisotopic (exact) mass is 485 g/mol. The Morgan fingerprint density at radius 3 is 2.46 bits per heavy atom. The quantitative estimate of drug-likeness (QED) is 0.569. The second-order valence-corrected chi connectivity index (χ2v) is 10.3. The first-order chi connectivity index (χ1) is 16.3. The van der Waals surface area contributed by atoms with Gasteiger partial charge in [0.25, 0.3) is 5.91 Å². The SMILES string of the molecule is CN(C)[C@]1(C#N)C(CC(C)(C)C)N(C(=O)O)CC[C@H]1n1cc(C(N)=O)c(Nc2ccc(F)cc2)n1. The Hall–Kier alpha value is -3.65. The maximum atomic E-state index is 13.3. The number of anilines is 2. The lowest BCUT2D eigenvalue weighted by molar-refractivity contribution is -0.0279. The summed E-state index contributed by atoms with van der Waals surface area (Å²) in [6.45, 7) is 6.19. The number of likely N-dealkylation sites (N-methyl/N-ethyl adjacent to an activating group) is 1. The van der Waals surface area contributed by atoms with Crippen LogP contribution in [0.4, 0.5) is 20.7 Å². The molecular formula is C24H32FN7O3. The number of nitriles is 1. The van der Waals surface area contributed by atoms with Crippen molar-refractivity contribution < 1.29 is 19.1 Å². The van der Waals surface area contributed by atoms with Crippen molar-refractivity contribution in [3.8, 4) is 6.07 Å². The average molecular weight is 486 g/mol. The van der Waals surface area contributed by atoms with Gasteiger partial charge in [0, 0.05) is 18.4 Å². The van der Waals surface area contributed by atoms with Crippen molar-refractivity contribution in [3.05, 3.63) is 41.8 Å². The van der Waals surface area contributed by atoms with Crippen LogP contribution < -0.4 is 11.1 Å². The topological polar surface area (TPSA) is 141 Å². The van der Waals surface area contributed by atoms with Gasteiger partial charge in [-0.1, -0.05) is 20.8 Å². The van der Waals surface area contributed by atoms with E-state index in [0.29, 0.717) is 18.5 Å².